The maximum absolute atomic E-state index is 10.2. The summed E-state index contributed by atoms with van der Waals surface area (Å²) < 4.78 is 1.59. The molecule has 0 amide bonds. The van der Waals surface area contributed by atoms with Gasteiger partial charge in [-0.3, -0.25) is 4.79 Å². The third kappa shape index (κ3) is 1.44. The molecule has 0 aliphatic heterocycles. The molecule has 0 saturated heterocycles. The predicted molar refractivity (Wildman–Crippen MR) is 37.9 cm³/mol. The number of nitriles is 1. The zero-order valence-electron chi connectivity index (χ0n) is 6.06. The molecule has 1 unspecified atom stereocenters. The molecule has 0 saturated carbocycles. The van der Waals surface area contributed by atoms with Gasteiger partial charge < -0.3 is 4.57 Å². The summed E-state index contributed by atoms with van der Waals surface area (Å²) >= 11 is 0. The number of carbonyl (C=O) groups is 1. The fraction of sp³-hybridized carbons (Fsp3) is 0.286. The van der Waals surface area contributed by atoms with Crippen molar-refractivity contribution < 1.29 is 4.79 Å². The molecule has 1 atom stereocenters. The van der Waals surface area contributed by atoms with Crippen molar-refractivity contribution in [3.05, 3.63) is 18.2 Å². The van der Waals surface area contributed by atoms with Gasteiger partial charge in [-0.05, 0) is 6.92 Å². The van der Waals surface area contributed by atoms with E-state index in [-0.39, 0.29) is 6.04 Å². The van der Waals surface area contributed by atoms with Crippen molar-refractivity contribution in [2.45, 2.75) is 13.0 Å². The first-order valence-electron chi connectivity index (χ1n) is 3.16. The van der Waals surface area contributed by atoms with E-state index in [2.05, 4.69) is 4.98 Å². The topological polar surface area (TPSA) is 58.7 Å². The van der Waals surface area contributed by atoms with Crippen LogP contribution in [0.4, 0.5) is 0 Å². The molecule has 1 rings (SSSR count). The maximum atomic E-state index is 10.2. The van der Waals surface area contributed by atoms with Gasteiger partial charge in [0.2, 0.25) is 0 Å². The minimum atomic E-state index is -0.267. The SMILES string of the molecule is CC(C#N)n1cnc(C=O)c1. The molecule has 0 bridgehead atoms. The lowest BCUT2D eigenvalue weighted by Gasteiger charge is -1.99. The van der Waals surface area contributed by atoms with Gasteiger partial charge in [0.25, 0.3) is 0 Å². The van der Waals surface area contributed by atoms with Crippen molar-refractivity contribution in [3.63, 3.8) is 0 Å². The van der Waals surface area contributed by atoms with Crippen LogP contribution < -0.4 is 0 Å². The van der Waals surface area contributed by atoms with E-state index >= 15 is 0 Å². The van der Waals surface area contributed by atoms with Gasteiger partial charge in [0, 0.05) is 6.20 Å². The average molecular weight is 149 g/mol. The summed E-state index contributed by atoms with van der Waals surface area (Å²) in [7, 11) is 0. The van der Waals surface area contributed by atoms with Gasteiger partial charge in [-0.1, -0.05) is 0 Å². The van der Waals surface area contributed by atoms with Crippen molar-refractivity contribution in [1.29, 1.82) is 5.26 Å². The predicted octanol–water partition coefficient (Wildman–Crippen LogP) is 0.780. The third-order valence-electron chi connectivity index (χ3n) is 1.38. The van der Waals surface area contributed by atoms with Crippen molar-refractivity contribution in [3.8, 4) is 6.07 Å². The van der Waals surface area contributed by atoms with Crippen LogP contribution in [0.5, 0.6) is 0 Å². The average Bonchev–Trinajstić information content (AvgIpc) is 2.50. The quantitative estimate of drug-likeness (QED) is 0.584. The summed E-state index contributed by atoms with van der Waals surface area (Å²) in [6.45, 7) is 1.73. The summed E-state index contributed by atoms with van der Waals surface area (Å²) in [4.78, 5) is 13.9. The number of aldehydes is 1. The Bertz CT molecular complexity index is 297. The lowest BCUT2D eigenvalue weighted by atomic mass is 10.4. The van der Waals surface area contributed by atoms with Crippen LogP contribution in [0.1, 0.15) is 23.5 Å². The second kappa shape index (κ2) is 2.97. The van der Waals surface area contributed by atoms with Crippen molar-refractivity contribution in [1.82, 2.24) is 9.55 Å². The van der Waals surface area contributed by atoms with Gasteiger partial charge in [-0.15, -0.1) is 0 Å². The molecular weight excluding hydrogens is 142 g/mol. The molecule has 0 N–H and O–H groups in total. The fourth-order valence-corrected chi connectivity index (χ4v) is 0.692. The molecule has 1 aromatic rings. The molecule has 0 fully saturated rings. The van der Waals surface area contributed by atoms with Gasteiger partial charge in [0.1, 0.15) is 11.7 Å². The molecular formula is C7H7N3O. The smallest absolute Gasteiger partial charge is 0.169 e. The van der Waals surface area contributed by atoms with Gasteiger partial charge in [0.15, 0.2) is 6.29 Å². The van der Waals surface area contributed by atoms with Gasteiger partial charge in [0.05, 0.1) is 12.4 Å². The van der Waals surface area contributed by atoms with Crippen LogP contribution in [0.25, 0.3) is 0 Å². The Balaban J connectivity index is 2.90. The molecule has 0 spiro atoms. The van der Waals surface area contributed by atoms with Crippen LogP contribution in [-0.2, 0) is 0 Å². The Hall–Kier alpha value is -1.63. The first kappa shape index (κ1) is 7.48. The zero-order chi connectivity index (χ0) is 8.27. The summed E-state index contributed by atoms with van der Waals surface area (Å²) in [5.41, 5.74) is 0.354. The Morgan fingerprint density at radius 3 is 3.09 bits per heavy atom. The van der Waals surface area contributed by atoms with Crippen molar-refractivity contribution in [2.75, 3.05) is 0 Å². The molecule has 4 nitrogen and oxygen atoms in total. The van der Waals surface area contributed by atoms with Gasteiger partial charge in [-0.25, -0.2) is 4.98 Å². The fourth-order valence-electron chi connectivity index (χ4n) is 0.692. The number of hydrogen-bond acceptors (Lipinski definition) is 3. The molecule has 1 aromatic heterocycles. The number of carbonyl (C=O) groups excluding carboxylic acids is 1. The first-order chi connectivity index (χ1) is 5.27. The molecule has 0 radical (unpaired) electrons. The number of rotatable bonds is 2. The largest absolute Gasteiger partial charge is 0.320 e. The van der Waals surface area contributed by atoms with Crippen LogP contribution in [-0.4, -0.2) is 15.8 Å². The number of imidazole rings is 1. The second-order valence-electron chi connectivity index (χ2n) is 2.17. The van der Waals surface area contributed by atoms with Crippen LogP contribution >= 0.6 is 0 Å². The van der Waals surface area contributed by atoms with E-state index in [1.807, 2.05) is 6.07 Å². The Kier molecular flexibility index (Phi) is 2.02. The van der Waals surface area contributed by atoms with E-state index < -0.39 is 0 Å². The highest BCUT2D eigenvalue weighted by atomic mass is 16.1. The third-order valence-corrected chi connectivity index (χ3v) is 1.38. The Labute approximate surface area is 64.1 Å². The molecule has 0 aliphatic rings. The van der Waals surface area contributed by atoms with E-state index in [0.29, 0.717) is 12.0 Å². The second-order valence-corrected chi connectivity index (χ2v) is 2.17. The zero-order valence-corrected chi connectivity index (χ0v) is 6.06. The van der Waals surface area contributed by atoms with Crippen LogP contribution in [0.2, 0.25) is 0 Å². The Morgan fingerprint density at radius 1 is 1.91 bits per heavy atom. The lowest BCUT2D eigenvalue weighted by Crippen LogP contribution is -1.98. The number of aromatic nitrogens is 2. The van der Waals surface area contributed by atoms with Crippen LogP contribution in [0.3, 0.4) is 0 Å². The van der Waals surface area contributed by atoms with E-state index in [4.69, 9.17) is 5.26 Å². The normalized spacial score (nSPS) is 12.0. The molecule has 4 heteroatoms. The van der Waals surface area contributed by atoms with Crippen molar-refractivity contribution in [2.24, 2.45) is 0 Å². The molecule has 1 heterocycles. The number of hydrogen-bond donors (Lipinski definition) is 0. The van der Waals surface area contributed by atoms with Gasteiger partial charge >= 0.3 is 0 Å². The summed E-state index contributed by atoms with van der Waals surface area (Å²) in [6.07, 6.45) is 3.67. The highest BCUT2D eigenvalue weighted by molar-refractivity contribution is 5.70. The number of nitrogens with zero attached hydrogens (tertiary/aromatic N) is 3. The highest BCUT2D eigenvalue weighted by Gasteiger charge is 2.02. The molecule has 56 valence electrons. The molecule has 0 aromatic carbocycles. The molecule has 11 heavy (non-hydrogen) atoms. The highest BCUT2D eigenvalue weighted by Crippen LogP contribution is 2.03. The van der Waals surface area contributed by atoms with Gasteiger partial charge in [-0.2, -0.15) is 5.26 Å². The Morgan fingerprint density at radius 2 is 2.64 bits per heavy atom. The first-order valence-corrected chi connectivity index (χ1v) is 3.16. The summed E-state index contributed by atoms with van der Waals surface area (Å²) in [5.74, 6) is 0. The van der Waals surface area contributed by atoms with E-state index in [1.165, 1.54) is 6.33 Å². The lowest BCUT2D eigenvalue weighted by molar-refractivity contribution is 0.111. The van der Waals surface area contributed by atoms with E-state index in [9.17, 15) is 4.79 Å². The van der Waals surface area contributed by atoms with Crippen molar-refractivity contribution >= 4 is 6.29 Å². The van der Waals surface area contributed by atoms with E-state index in [1.54, 1.807) is 17.7 Å². The van der Waals surface area contributed by atoms with Crippen LogP contribution in [0.15, 0.2) is 12.5 Å². The summed E-state index contributed by atoms with van der Waals surface area (Å²) in [5, 5.41) is 8.48. The standard InChI is InChI=1S/C7H7N3O/c1-6(2-8)10-3-7(4-11)9-5-10/h3-6H,1H3. The minimum Gasteiger partial charge on any atom is -0.320 e. The van der Waals surface area contributed by atoms with Crippen LogP contribution in [0, 0.1) is 11.3 Å². The minimum absolute atomic E-state index is 0.267. The maximum Gasteiger partial charge on any atom is 0.169 e. The monoisotopic (exact) mass is 149 g/mol. The summed E-state index contributed by atoms with van der Waals surface area (Å²) in [6, 6.07) is 1.76. The van der Waals surface area contributed by atoms with E-state index in [0.717, 1.165) is 0 Å². The molecule has 0 aliphatic carbocycles.